The van der Waals surface area contributed by atoms with Crippen LogP contribution in [0.2, 0.25) is 10.0 Å². The number of hydrogen-bond acceptors (Lipinski definition) is 3. The number of benzene rings is 2. The Bertz CT molecular complexity index is 1510. The summed E-state index contributed by atoms with van der Waals surface area (Å²) in [4.78, 5) is 31.6. The van der Waals surface area contributed by atoms with Gasteiger partial charge in [-0.15, -0.1) is 0 Å². The van der Waals surface area contributed by atoms with E-state index in [0.29, 0.717) is 38.1 Å². The van der Waals surface area contributed by atoms with Gasteiger partial charge in [-0.05, 0) is 24.3 Å². The molecule has 7 heteroatoms. The fourth-order valence-corrected chi connectivity index (χ4v) is 4.17. The Morgan fingerprint density at radius 3 is 2.31 bits per heavy atom. The predicted octanol–water partition coefficient (Wildman–Crippen LogP) is 4.50. The van der Waals surface area contributed by atoms with Gasteiger partial charge in [-0.2, -0.15) is 0 Å². The highest BCUT2D eigenvalue weighted by Crippen LogP contribution is 2.31. The van der Waals surface area contributed by atoms with Crippen molar-refractivity contribution < 1.29 is 0 Å². The first-order chi connectivity index (χ1) is 14.0. The summed E-state index contributed by atoms with van der Waals surface area (Å²) in [7, 11) is 1.79. The van der Waals surface area contributed by atoms with Gasteiger partial charge in [0.15, 0.2) is 5.65 Å². The molecule has 0 fully saturated rings. The van der Waals surface area contributed by atoms with Gasteiger partial charge >= 0.3 is 0 Å². The molecule has 0 unspecified atom stereocenters. The van der Waals surface area contributed by atoms with Crippen LogP contribution in [0.25, 0.3) is 33.2 Å². The molecule has 2 aromatic heterocycles. The van der Waals surface area contributed by atoms with Crippen LogP contribution in [0.1, 0.15) is 5.82 Å². The standard InChI is InChI=1S/C22H13Cl2N3O2/c1-26-16-11-3-2-8-13(16)19(28)17-21(26)25-20(12-6-4-7-12)27(22(17)29)18-14(23)9-5-10-15(18)24/h2-11H,1H3. The molecule has 5 nitrogen and oxygen atoms in total. The van der Waals surface area contributed by atoms with Gasteiger partial charge < -0.3 is 4.57 Å². The first-order valence-corrected chi connectivity index (χ1v) is 9.62. The molecule has 0 atom stereocenters. The average Bonchev–Trinajstić information content (AvgIpc) is 2.66. The Morgan fingerprint density at radius 2 is 1.66 bits per heavy atom. The largest absolute Gasteiger partial charge is 0.328 e. The number of para-hydroxylation sites is 2. The average molecular weight is 422 g/mol. The lowest BCUT2D eigenvalue weighted by Crippen LogP contribution is -2.30. The molecule has 0 saturated carbocycles. The van der Waals surface area contributed by atoms with Gasteiger partial charge in [0.2, 0.25) is 5.43 Å². The highest BCUT2D eigenvalue weighted by molar-refractivity contribution is 6.37. The fraction of sp³-hybridized carbons (Fsp3) is 0.0455. The number of aryl methyl sites for hydroxylation is 1. The fourth-order valence-electron chi connectivity index (χ4n) is 3.60. The maximum Gasteiger partial charge on any atom is 0.271 e. The number of halogens is 2. The van der Waals surface area contributed by atoms with Gasteiger partial charge in [0.1, 0.15) is 11.2 Å². The van der Waals surface area contributed by atoms with Crippen LogP contribution in [-0.2, 0) is 7.05 Å². The molecule has 142 valence electrons. The molecule has 2 heterocycles. The van der Waals surface area contributed by atoms with Gasteiger partial charge in [0.05, 0.1) is 21.2 Å². The predicted molar refractivity (Wildman–Crippen MR) is 117 cm³/mol. The third kappa shape index (κ3) is 2.51. The van der Waals surface area contributed by atoms with E-state index in [-0.39, 0.29) is 10.8 Å². The van der Waals surface area contributed by atoms with E-state index in [1.54, 1.807) is 41.9 Å². The topological polar surface area (TPSA) is 56.9 Å². The zero-order valence-corrected chi connectivity index (χ0v) is 16.7. The van der Waals surface area contributed by atoms with Crippen LogP contribution < -0.4 is 11.0 Å². The molecule has 4 aromatic rings. The van der Waals surface area contributed by atoms with Crippen molar-refractivity contribution in [1.29, 1.82) is 0 Å². The third-order valence-corrected chi connectivity index (χ3v) is 5.70. The molecule has 0 saturated heterocycles. The normalized spacial score (nSPS) is 13.0. The number of aromatic nitrogens is 3. The molecule has 0 bridgehead atoms. The second-order valence-electron chi connectivity index (χ2n) is 6.73. The molecule has 29 heavy (non-hydrogen) atoms. The molecule has 0 amide bonds. The minimum atomic E-state index is -0.507. The summed E-state index contributed by atoms with van der Waals surface area (Å²) in [6, 6.07) is 12.1. The van der Waals surface area contributed by atoms with E-state index in [1.807, 2.05) is 30.4 Å². The molecule has 0 spiro atoms. The van der Waals surface area contributed by atoms with Gasteiger partial charge in [-0.3, -0.25) is 14.2 Å². The summed E-state index contributed by atoms with van der Waals surface area (Å²) < 4.78 is 3.09. The summed E-state index contributed by atoms with van der Waals surface area (Å²) in [6.07, 6.45) is 5.53. The monoisotopic (exact) mass is 421 g/mol. The number of fused-ring (bicyclic) bond motifs is 2. The first-order valence-electron chi connectivity index (χ1n) is 8.86. The van der Waals surface area contributed by atoms with E-state index in [1.165, 1.54) is 4.57 Å². The lowest BCUT2D eigenvalue weighted by molar-refractivity contribution is 0.897. The number of allylic oxidation sites excluding steroid dienone is 4. The van der Waals surface area contributed by atoms with E-state index in [9.17, 15) is 9.59 Å². The summed E-state index contributed by atoms with van der Waals surface area (Å²) in [6.45, 7) is 0. The maximum atomic E-state index is 13.7. The second-order valence-corrected chi connectivity index (χ2v) is 7.55. The second kappa shape index (κ2) is 6.44. The number of rotatable bonds is 2. The van der Waals surface area contributed by atoms with Crippen molar-refractivity contribution in [3.63, 3.8) is 0 Å². The molecule has 5 rings (SSSR count). The van der Waals surface area contributed by atoms with E-state index < -0.39 is 5.56 Å². The molecule has 0 aliphatic heterocycles. The zero-order chi connectivity index (χ0) is 20.3. The van der Waals surface area contributed by atoms with Crippen molar-refractivity contribution in [1.82, 2.24) is 14.1 Å². The Morgan fingerprint density at radius 1 is 0.966 bits per heavy atom. The maximum absolute atomic E-state index is 13.7. The van der Waals surface area contributed by atoms with Crippen LogP contribution >= 0.6 is 23.2 Å². The number of pyridine rings is 1. The Labute approximate surface area is 174 Å². The van der Waals surface area contributed by atoms with Crippen molar-refractivity contribution in [2.45, 2.75) is 0 Å². The molecule has 0 N–H and O–H groups in total. The van der Waals surface area contributed by atoms with Crippen LogP contribution in [0.15, 0.2) is 70.3 Å². The summed E-state index contributed by atoms with van der Waals surface area (Å²) in [5.74, 6) is 0.380. The molecular weight excluding hydrogens is 409 g/mol. The minimum Gasteiger partial charge on any atom is -0.328 e. The smallest absolute Gasteiger partial charge is 0.271 e. The van der Waals surface area contributed by atoms with Crippen LogP contribution in [0.4, 0.5) is 0 Å². The van der Waals surface area contributed by atoms with Crippen LogP contribution in [-0.4, -0.2) is 14.1 Å². The molecule has 0 radical (unpaired) electrons. The summed E-state index contributed by atoms with van der Waals surface area (Å²) in [5.41, 5.74) is 1.20. The van der Waals surface area contributed by atoms with E-state index in [0.717, 1.165) is 5.57 Å². The number of nitrogens with zero attached hydrogens (tertiary/aromatic N) is 3. The van der Waals surface area contributed by atoms with Crippen molar-refractivity contribution in [3.05, 3.63) is 97.1 Å². The van der Waals surface area contributed by atoms with E-state index in [4.69, 9.17) is 28.2 Å². The highest BCUT2D eigenvalue weighted by Gasteiger charge is 2.23. The molecule has 1 aliphatic carbocycles. The summed E-state index contributed by atoms with van der Waals surface area (Å²) >= 11 is 12.8. The van der Waals surface area contributed by atoms with Gasteiger partial charge in [0, 0.05) is 18.0 Å². The first kappa shape index (κ1) is 17.9. The van der Waals surface area contributed by atoms with Crippen LogP contribution in [0.5, 0.6) is 0 Å². The molecule has 1 aliphatic rings. The third-order valence-electron chi connectivity index (χ3n) is 5.09. The lowest BCUT2D eigenvalue weighted by Gasteiger charge is -2.19. The van der Waals surface area contributed by atoms with Crippen LogP contribution in [0, 0.1) is 0 Å². The van der Waals surface area contributed by atoms with Crippen molar-refractivity contribution >= 4 is 50.7 Å². The van der Waals surface area contributed by atoms with Crippen molar-refractivity contribution in [3.8, 4) is 5.69 Å². The molecular formula is C22H13Cl2N3O2. The Kier molecular flexibility index (Phi) is 3.98. The highest BCUT2D eigenvalue weighted by atomic mass is 35.5. The number of hydrogen-bond donors (Lipinski definition) is 0. The minimum absolute atomic E-state index is 0.00478. The Balaban J connectivity index is 2.05. The molecule has 2 aromatic carbocycles. The van der Waals surface area contributed by atoms with Gasteiger partial charge in [0.25, 0.3) is 5.56 Å². The van der Waals surface area contributed by atoms with Gasteiger partial charge in [-0.25, -0.2) is 4.98 Å². The lowest BCUT2D eigenvalue weighted by atomic mass is 10.1. The zero-order valence-electron chi connectivity index (χ0n) is 15.2. The van der Waals surface area contributed by atoms with Crippen molar-refractivity contribution in [2.75, 3.05) is 0 Å². The summed E-state index contributed by atoms with van der Waals surface area (Å²) in [5, 5.41) is 1.04. The quantitative estimate of drug-likeness (QED) is 0.447. The Hall–Kier alpha value is -3.15. The van der Waals surface area contributed by atoms with E-state index in [2.05, 4.69) is 0 Å². The SMILES string of the molecule is Cn1c2ccccc2c(=O)c2c(=O)n(-c3c(Cl)cccc3Cl)c(C3=CC=C3)nc21. The van der Waals surface area contributed by atoms with Crippen LogP contribution in [0.3, 0.4) is 0 Å². The van der Waals surface area contributed by atoms with Gasteiger partial charge in [-0.1, -0.05) is 59.6 Å². The van der Waals surface area contributed by atoms with Crippen molar-refractivity contribution in [2.24, 2.45) is 7.05 Å². The van der Waals surface area contributed by atoms with E-state index >= 15 is 0 Å².